The van der Waals surface area contributed by atoms with E-state index in [2.05, 4.69) is 15.3 Å². The normalized spacial score (nSPS) is 16.0. The first-order valence-corrected chi connectivity index (χ1v) is 8.91. The van der Waals surface area contributed by atoms with Gasteiger partial charge in [-0.2, -0.15) is 4.31 Å². The molecule has 1 saturated heterocycles. The van der Waals surface area contributed by atoms with Crippen LogP contribution in [0.15, 0.2) is 35.5 Å². The van der Waals surface area contributed by atoms with Crippen molar-refractivity contribution in [2.75, 3.05) is 31.6 Å². The molecular formula is C15H18N4O4S. The monoisotopic (exact) mass is 350 g/mol. The van der Waals surface area contributed by atoms with Crippen molar-refractivity contribution in [3.63, 3.8) is 0 Å². The van der Waals surface area contributed by atoms with Gasteiger partial charge in [-0.3, -0.25) is 4.79 Å². The molecule has 0 bridgehead atoms. The number of aryl methyl sites for hydroxylation is 1. The van der Waals surface area contributed by atoms with E-state index in [4.69, 9.17) is 4.74 Å². The largest absolute Gasteiger partial charge is 0.379 e. The van der Waals surface area contributed by atoms with Crippen LogP contribution in [0.25, 0.3) is 0 Å². The highest BCUT2D eigenvalue weighted by molar-refractivity contribution is 7.89. The second kappa shape index (κ2) is 6.71. The number of hydrogen-bond acceptors (Lipinski definition) is 5. The van der Waals surface area contributed by atoms with E-state index >= 15 is 0 Å². The molecule has 2 N–H and O–H groups in total. The number of aromatic nitrogens is 2. The van der Waals surface area contributed by atoms with Gasteiger partial charge in [0.15, 0.2) is 0 Å². The number of amides is 1. The Morgan fingerprint density at radius 3 is 2.75 bits per heavy atom. The van der Waals surface area contributed by atoms with Gasteiger partial charge in [0, 0.05) is 25.5 Å². The smallest absolute Gasteiger partial charge is 0.273 e. The summed E-state index contributed by atoms with van der Waals surface area (Å²) >= 11 is 0. The molecule has 128 valence electrons. The average Bonchev–Trinajstić information content (AvgIpc) is 3.09. The fourth-order valence-corrected chi connectivity index (χ4v) is 3.72. The predicted molar refractivity (Wildman–Crippen MR) is 87.3 cm³/mol. The molecule has 0 saturated carbocycles. The fourth-order valence-electron chi connectivity index (χ4n) is 2.32. The van der Waals surface area contributed by atoms with Gasteiger partial charge in [-0.05, 0) is 24.6 Å². The number of hydrogen-bond donors (Lipinski definition) is 2. The van der Waals surface area contributed by atoms with E-state index in [0.717, 1.165) is 5.56 Å². The summed E-state index contributed by atoms with van der Waals surface area (Å²) in [6.07, 6.45) is 2.96. The number of pyridine rings is 1. The van der Waals surface area contributed by atoms with Crippen molar-refractivity contribution < 1.29 is 17.9 Å². The number of aromatic amines is 1. The lowest BCUT2D eigenvalue weighted by Crippen LogP contribution is -2.40. The van der Waals surface area contributed by atoms with Crippen molar-refractivity contribution >= 4 is 21.7 Å². The van der Waals surface area contributed by atoms with Gasteiger partial charge in [0.2, 0.25) is 10.0 Å². The minimum atomic E-state index is -3.63. The minimum Gasteiger partial charge on any atom is -0.379 e. The molecule has 0 unspecified atom stereocenters. The van der Waals surface area contributed by atoms with Crippen LogP contribution in [0.4, 0.5) is 5.82 Å². The Hall–Kier alpha value is -2.23. The summed E-state index contributed by atoms with van der Waals surface area (Å²) in [6, 6.07) is 4.83. The van der Waals surface area contributed by atoms with Gasteiger partial charge in [-0.25, -0.2) is 13.4 Å². The second-order valence-electron chi connectivity index (χ2n) is 5.44. The van der Waals surface area contributed by atoms with Gasteiger partial charge in [-0.15, -0.1) is 0 Å². The lowest BCUT2D eigenvalue weighted by atomic mass is 10.3. The Morgan fingerprint density at radius 2 is 2.08 bits per heavy atom. The number of morpholine rings is 1. The minimum absolute atomic E-state index is 0.0615. The number of rotatable bonds is 4. The van der Waals surface area contributed by atoms with Crippen LogP contribution >= 0.6 is 0 Å². The van der Waals surface area contributed by atoms with Crippen LogP contribution in [-0.2, 0) is 14.8 Å². The quantitative estimate of drug-likeness (QED) is 0.856. The molecule has 8 nitrogen and oxygen atoms in total. The Bertz CT molecular complexity index is 823. The van der Waals surface area contributed by atoms with Gasteiger partial charge in [0.05, 0.1) is 13.2 Å². The first-order chi connectivity index (χ1) is 11.5. The summed E-state index contributed by atoms with van der Waals surface area (Å²) in [5, 5.41) is 2.62. The zero-order valence-electron chi connectivity index (χ0n) is 13.2. The summed E-state index contributed by atoms with van der Waals surface area (Å²) in [5.41, 5.74) is 1.14. The SMILES string of the molecule is Cc1ccc(NC(=O)c2cc(S(=O)(=O)N3CCOCC3)c[nH]2)nc1. The Morgan fingerprint density at radius 1 is 1.33 bits per heavy atom. The summed E-state index contributed by atoms with van der Waals surface area (Å²) in [7, 11) is -3.63. The predicted octanol–water partition coefficient (Wildman–Crippen LogP) is 0.991. The molecule has 0 aliphatic carbocycles. The number of carbonyl (C=O) groups excluding carboxylic acids is 1. The number of carbonyl (C=O) groups is 1. The molecule has 1 aliphatic heterocycles. The average molecular weight is 350 g/mol. The molecule has 2 aromatic rings. The molecule has 24 heavy (non-hydrogen) atoms. The Labute approximate surface area is 139 Å². The first-order valence-electron chi connectivity index (χ1n) is 7.47. The number of ether oxygens (including phenoxy) is 1. The summed E-state index contributed by atoms with van der Waals surface area (Å²) in [4.78, 5) is 19.1. The summed E-state index contributed by atoms with van der Waals surface area (Å²) < 4.78 is 31.6. The Kier molecular flexibility index (Phi) is 4.65. The molecular weight excluding hydrogens is 332 g/mol. The van der Waals surface area contributed by atoms with E-state index < -0.39 is 15.9 Å². The van der Waals surface area contributed by atoms with Crippen LogP contribution in [0.1, 0.15) is 16.1 Å². The number of nitrogens with one attached hydrogen (secondary N) is 2. The van der Waals surface area contributed by atoms with Crippen LogP contribution in [0.2, 0.25) is 0 Å². The lowest BCUT2D eigenvalue weighted by molar-refractivity contribution is 0.0730. The van der Waals surface area contributed by atoms with Crippen molar-refractivity contribution in [2.24, 2.45) is 0 Å². The van der Waals surface area contributed by atoms with Crippen LogP contribution in [0.5, 0.6) is 0 Å². The van der Waals surface area contributed by atoms with E-state index in [1.807, 2.05) is 13.0 Å². The number of sulfonamides is 1. The zero-order chi connectivity index (χ0) is 17.2. The highest BCUT2D eigenvalue weighted by Crippen LogP contribution is 2.18. The number of nitrogens with zero attached hydrogens (tertiary/aromatic N) is 2. The van der Waals surface area contributed by atoms with Crippen LogP contribution in [0, 0.1) is 6.92 Å². The van der Waals surface area contributed by atoms with Crippen molar-refractivity contribution in [3.05, 3.63) is 41.9 Å². The standard InChI is InChI=1S/C15H18N4O4S/c1-11-2-3-14(17-9-11)18-15(20)13-8-12(10-16-13)24(21,22)19-4-6-23-7-5-19/h2-3,8-10,16H,4-7H2,1H3,(H,17,18,20). The molecule has 1 aliphatic rings. The molecule has 0 spiro atoms. The summed E-state index contributed by atoms with van der Waals surface area (Å²) in [5.74, 6) is -0.0485. The van der Waals surface area contributed by atoms with Gasteiger partial charge in [-0.1, -0.05) is 6.07 Å². The molecule has 0 atom stereocenters. The third-order valence-electron chi connectivity index (χ3n) is 3.66. The molecule has 3 heterocycles. The first kappa shape index (κ1) is 16.6. The van der Waals surface area contributed by atoms with E-state index in [1.165, 1.54) is 16.6 Å². The number of H-pyrrole nitrogens is 1. The van der Waals surface area contributed by atoms with Crippen LogP contribution in [-0.4, -0.2) is 54.9 Å². The molecule has 2 aromatic heterocycles. The van der Waals surface area contributed by atoms with E-state index in [-0.39, 0.29) is 10.6 Å². The van der Waals surface area contributed by atoms with Gasteiger partial charge in [0.1, 0.15) is 16.4 Å². The molecule has 0 radical (unpaired) electrons. The number of anilines is 1. The van der Waals surface area contributed by atoms with Crippen molar-refractivity contribution in [2.45, 2.75) is 11.8 Å². The van der Waals surface area contributed by atoms with E-state index in [9.17, 15) is 13.2 Å². The molecule has 0 aromatic carbocycles. The highest BCUT2D eigenvalue weighted by Gasteiger charge is 2.28. The van der Waals surface area contributed by atoms with Crippen LogP contribution in [0.3, 0.4) is 0 Å². The van der Waals surface area contributed by atoms with Gasteiger partial charge < -0.3 is 15.0 Å². The third-order valence-corrected chi connectivity index (χ3v) is 5.54. The maximum Gasteiger partial charge on any atom is 0.273 e. The van der Waals surface area contributed by atoms with Gasteiger partial charge in [0.25, 0.3) is 5.91 Å². The van der Waals surface area contributed by atoms with E-state index in [1.54, 1.807) is 12.3 Å². The molecule has 1 fully saturated rings. The van der Waals surface area contributed by atoms with Gasteiger partial charge >= 0.3 is 0 Å². The highest BCUT2D eigenvalue weighted by atomic mass is 32.2. The van der Waals surface area contributed by atoms with Crippen molar-refractivity contribution in [1.29, 1.82) is 0 Å². The van der Waals surface area contributed by atoms with E-state index in [0.29, 0.717) is 32.1 Å². The zero-order valence-corrected chi connectivity index (χ0v) is 14.0. The maximum absolute atomic E-state index is 12.5. The maximum atomic E-state index is 12.5. The second-order valence-corrected chi connectivity index (χ2v) is 7.38. The Balaban J connectivity index is 1.74. The van der Waals surface area contributed by atoms with Crippen molar-refractivity contribution in [3.8, 4) is 0 Å². The lowest BCUT2D eigenvalue weighted by Gasteiger charge is -2.25. The third kappa shape index (κ3) is 3.48. The topological polar surface area (TPSA) is 104 Å². The fraction of sp³-hybridized carbons (Fsp3) is 0.333. The molecule has 3 rings (SSSR count). The summed E-state index contributed by atoms with van der Waals surface area (Å²) in [6.45, 7) is 3.25. The molecule has 9 heteroatoms. The molecule has 1 amide bonds. The van der Waals surface area contributed by atoms with Crippen LogP contribution < -0.4 is 5.32 Å². The van der Waals surface area contributed by atoms with Crippen molar-refractivity contribution in [1.82, 2.24) is 14.3 Å².